The van der Waals surface area contributed by atoms with Gasteiger partial charge in [-0.1, -0.05) is 18.2 Å². The summed E-state index contributed by atoms with van der Waals surface area (Å²) >= 11 is 0. The lowest BCUT2D eigenvalue weighted by atomic mass is 10.1. The summed E-state index contributed by atoms with van der Waals surface area (Å²) in [5.41, 5.74) is 0.727. The van der Waals surface area contributed by atoms with E-state index in [4.69, 9.17) is 0 Å². The van der Waals surface area contributed by atoms with Crippen molar-refractivity contribution in [2.45, 2.75) is 17.5 Å². The van der Waals surface area contributed by atoms with E-state index in [1.165, 1.54) is 28.6 Å². The first-order valence-corrected chi connectivity index (χ1v) is 9.10. The van der Waals surface area contributed by atoms with Gasteiger partial charge < -0.3 is 10.1 Å². The van der Waals surface area contributed by atoms with Crippen molar-refractivity contribution >= 4 is 10.0 Å². The third-order valence-electron chi connectivity index (χ3n) is 3.92. The van der Waals surface area contributed by atoms with Crippen molar-refractivity contribution in [3.05, 3.63) is 54.4 Å². The van der Waals surface area contributed by atoms with Crippen LogP contribution in [-0.2, 0) is 10.0 Å². The van der Waals surface area contributed by atoms with Crippen LogP contribution in [0.1, 0.15) is 11.6 Å². The Morgan fingerprint density at radius 2 is 2.04 bits per heavy atom. The first kappa shape index (κ1) is 17.7. The molecule has 0 amide bonds. The number of alkyl halides is 2. The molecule has 0 saturated carbocycles. The maximum atomic E-state index is 13.1. The third kappa shape index (κ3) is 3.78. The van der Waals surface area contributed by atoms with Crippen LogP contribution in [0.15, 0.2) is 53.7 Å². The van der Waals surface area contributed by atoms with E-state index < -0.39 is 22.7 Å². The van der Waals surface area contributed by atoms with Gasteiger partial charge in [0, 0.05) is 32.0 Å². The Bertz CT molecular complexity index is 818. The summed E-state index contributed by atoms with van der Waals surface area (Å²) in [6.45, 7) is -2.02. The van der Waals surface area contributed by atoms with Crippen molar-refractivity contribution in [3.8, 4) is 5.75 Å². The number of nitrogens with one attached hydrogen (secondary N) is 1. The topological polar surface area (TPSA) is 71.5 Å². The lowest BCUT2D eigenvalue weighted by Gasteiger charge is -2.35. The van der Waals surface area contributed by atoms with Crippen LogP contribution >= 0.6 is 0 Å². The number of aromatic nitrogens is 1. The van der Waals surface area contributed by atoms with E-state index >= 15 is 0 Å². The van der Waals surface area contributed by atoms with Crippen LogP contribution in [0.25, 0.3) is 0 Å². The van der Waals surface area contributed by atoms with Gasteiger partial charge in [-0.25, -0.2) is 8.42 Å². The van der Waals surface area contributed by atoms with Crippen LogP contribution in [0.3, 0.4) is 0 Å². The van der Waals surface area contributed by atoms with Crippen LogP contribution in [0, 0.1) is 0 Å². The number of rotatable bonds is 5. The third-order valence-corrected chi connectivity index (χ3v) is 5.86. The number of piperazine rings is 1. The standard InChI is InChI=1S/C16H17F2N3O3S/c17-16(18)24-14-5-1-2-6-15(14)25(22,23)21-9-8-20-11-13(21)12-4-3-7-19-10-12/h1-7,10,13,16,20H,8-9,11H2. The molecule has 1 unspecified atom stereocenters. The highest BCUT2D eigenvalue weighted by Crippen LogP contribution is 2.33. The van der Waals surface area contributed by atoms with Gasteiger partial charge in [0.1, 0.15) is 10.6 Å². The molecule has 0 aliphatic carbocycles. The molecule has 1 saturated heterocycles. The Morgan fingerprint density at radius 3 is 2.76 bits per heavy atom. The molecule has 6 nitrogen and oxygen atoms in total. The monoisotopic (exact) mass is 369 g/mol. The van der Waals surface area contributed by atoms with Crippen LogP contribution in [0.5, 0.6) is 5.75 Å². The molecule has 2 heterocycles. The van der Waals surface area contributed by atoms with Gasteiger partial charge in [-0.15, -0.1) is 0 Å². The highest BCUT2D eigenvalue weighted by molar-refractivity contribution is 7.89. The van der Waals surface area contributed by atoms with Gasteiger partial charge in [-0.2, -0.15) is 13.1 Å². The minimum atomic E-state index is -4.03. The Hall–Kier alpha value is -2.10. The largest absolute Gasteiger partial charge is 0.433 e. The fraction of sp³-hybridized carbons (Fsp3) is 0.312. The molecule has 3 rings (SSSR count). The maximum Gasteiger partial charge on any atom is 0.387 e. The van der Waals surface area contributed by atoms with Gasteiger partial charge in [0.2, 0.25) is 10.0 Å². The number of hydrogen-bond donors (Lipinski definition) is 1. The van der Waals surface area contributed by atoms with Crippen LogP contribution in [0.2, 0.25) is 0 Å². The molecular formula is C16H17F2N3O3S. The summed E-state index contributed by atoms with van der Waals surface area (Å²) in [5.74, 6) is -0.360. The summed E-state index contributed by atoms with van der Waals surface area (Å²) in [5, 5.41) is 3.15. The van der Waals surface area contributed by atoms with Crippen molar-refractivity contribution < 1.29 is 21.9 Å². The zero-order valence-electron chi connectivity index (χ0n) is 13.2. The second-order valence-electron chi connectivity index (χ2n) is 5.45. The molecule has 25 heavy (non-hydrogen) atoms. The van der Waals surface area contributed by atoms with E-state index in [1.54, 1.807) is 24.5 Å². The molecular weight excluding hydrogens is 352 g/mol. The molecule has 0 spiro atoms. The molecule has 1 aliphatic heterocycles. The Kier molecular flexibility index (Phi) is 5.26. The predicted octanol–water partition coefficient (Wildman–Crippen LogP) is 2.02. The lowest BCUT2D eigenvalue weighted by Crippen LogP contribution is -2.48. The molecule has 9 heteroatoms. The second kappa shape index (κ2) is 7.42. The van der Waals surface area contributed by atoms with E-state index in [0.29, 0.717) is 13.1 Å². The zero-order chi connectivity index (χ0) is 17.9. The fourth-order valence-electron chi connectivity index (χ4n) is 2.81. The minimum Gasteiger partial charge on any atom is -0.433 e. The number of ether oxygens (including phenoxy) is 1. The van der Waals surface area contributed by atoms with Gasteiger partial charge in [0.25, 0.3) is 0 Å². The average Bonchev–Trinajstić information content (AvgIpc) is 2.62. The molecule has 0 radical (unpaired) electrons. The number of nitrogens with zero attached hydrogens (tertiary/aromatic N) is 2. The van der Waals surface area contributed by atoms with Gasteiger partial charge >= 0.3 is 6.61 Å². The Balaban J connectivity index is 2.01. The van der Waals surface area contributed by atoms with Crippen molar-refractivity contribution in [3.63, 3.8) is 0 Å². The summed E-state index contributed by atoms with van der Waals surface area (Å²) in [7, 11) is -4.03. The SMILES string of the molecule is O=S(=O)(c1ccccc1OC(F)F)N1CCNCC1c1cccnc1. The van der Waals surface area contributed by atoms with Gasteiger partial charge in [-0.3, -0.25) is 4.98 Å². The predicted molar refractivity (Wildman–Crippen MR) is 86.8 cm³/mol. The Morgan fingerprint density at radius 1 is 1.24 bits per heavy atom. The summed E-state index contributed by atoms with van der Waals surface area (Å²) in [6.07, 6.45) is 3.20. The van der Waals surface area contributed by atoms with E-state index in [2.05, 4.69) is 15.0 Å². The van der Waals surface area contributed by atoms with Gasteiger partial charge in [-0.05, 0) is 23.8 Å². The highest BCUT2D eigenvalue weighted by Gasteiger charge is 2.36. The fourth-order valence-corrected chi connectivity index (χ4v) is 4.55. The zero-order valence-corrected chi connectivity index (χ0v) is 14.0. The van der Waals surface area contributed by atoms with Gasteiger partial charge in [0.15, 0.2) is 0 Å². The highest BCUT2D eigenvalue weighted by atomic mass is 32.2. The van der Waals surface area contributed by atoms with E-state index in [0.717, 1.165) is 5.56 Å². The summed E-state index contributed by atoms with van der Waals surface area (Å²) < 4.78 is 57.2. The maximum absolute atomic E-state index is 13.1. The molecule has 2 aromatic rings. The summed E-state index contributed by atoms with van der Waals surface area (Å²) in [4.78, 5) is 3.76. The first-order chi connectivity index (χ1) is 12.0. The molecule has 0 bridgehead atoms. The molecule has 1 aliphatic rings. The van der Waals surface area contributed by atoms with E-state index in [9.17, 15) is 17.2 Å². The molecule has 1 fully saturated rings. The van der Waals surface area contributed by atoms with E-state index in [-0.39, 0.29) is 17.2 Å². The number of benzene rings is 1. The molecule has 1 aromatic carbocycles. The van der Waals surface area contributed by atoms with Crippen molar-refractivity contribution in [1.29, 1.82) is 0 Å². The van der Waals surface area contributed by atoms with Crippen LogP contribution in [0.4, 0.5) is 8.78 Å². The van der Waals surface area contributed by atoms with Gasteiger partial charge in [0.05, 0.1) is 6.04 Å². The van der Waals surface area contributed by atoms with Crippen molar-refractivity contribution in [2.75, 3.05) is 19.6 Å². The van der Waals surface area contributed by atoms with Crippen LogP contribution < -0.4 is 10.1 Å². The number of hydrogen-bond acceptors (Lipinski definition) is 5. The number of sulfonamides is 1. The first-order valence-electron chi connectivity index (χ1n) is 7.66. The number of para-hydroxylation sites is 1. The average molecular weight is 369 g/mol. The smallest absolute Gasteiger partial charge is 0.387 e. The van der Waals surface area contributed by atoms with Crippen molar-refractivity contribution in [2.24, 2.45) is 0 Å². The van der Waals surface area contributed by atoms with Crippen LogP contribution in [-0.4, -0.2) is 44.0 Å². The molecule has 134 valence electrons. The Labute approximate surface area is 144 Å². The molecule has 1 aromatic heterocycles. The molecule has 1 N–H and O–H groups in total. The normalized spacial score (nSPS) is 19.1. The van der Waals surface area contributed by atoms with Crippen molar-refractivity contribution in [1.82, 2.24) is 14.6 Å². The minimum absolute atomic E-state index is 0.213. The number of pyridine rings is 1. The second-order valence-corrected chi connectivity index (χ2v) is 7.31. The lowest BCUT2D eigenvalue weighted by molar-refractivity contribution is -0.0518. The van der Waals surface area contributed by atoms with E-state index in [1.807, 2.05) is 0 Å². The molecule has 1 atom stereocenters. The summed E-state index contributed by atoms with van der Waals surface area (Å²) in [6, 6.07) is 8.46. The quantitative estimate of drug-likeness (QED) is 0.873. The number of halogens is 2.